The van der Waals surface area contributed by atoms with Gasteiger partial charge in [0.25, 0.3) is 0 Å². The zero-order valence-electron chi connectivity index (χ0n) is 22.6. The summed E-state index contributed by atoms with van der Waals surface area (Å²) < 4.78 is 5.68. The van der Waals surface area contributed by atoms with Crippen molar-refractivity contribution in [2.45, 2.75) is 64.0 Å². The number of pyridine rings is 2. The SMILES string of the molecule is COC(C)(C)CN(CCCCc1ccc2c(n1)NCCC2)CCC(Nc1ncnc2cccnc12)C(=O)O. The minimum absolute atomic E-state index is 0.343. The van der Waals surface area contributed by atoms with Crippen molar-refractivity contribution >= 4 is 28.6 Å². The van der Waals surface area contributed by atoms with Crippen molar-refractivity contribution < 1.29 is 14.6 Å². The van der Waals surface area contributed by atoms with Gasteiger partial charge in [-0.15, -0.1) is 0 Å². The summed E-state index contributed by atoms with van der Waals surface area (Å²) in [5, 5.41) is 16.4. The molecule has 0 saturated carbocycles. The minimum Gasteiger partial charge on any atom is -0.480 e. The average Bonchev–Trinajstić information content (AvgIpc) is 2.92. The maximum Gasteiger partial charge on any atom is 0.326 e. The van der Waals surface area contributed by atoms with Gasteiger partial charge in [-0.05, 0) is 82.7 Å². The van der Waals surface area contributed by atoms with Crippen LogP contribution >= 0.6 is 0 Å². The van der Waals surface area contributed by atoms with Crippen molar-refractivity contribution in [3.63, 3.8) is 0 Å². The molecule has 0 bridgehead atoms. The molecule has 0 amide bonds. The summed E-state index contributed by atoms with van der Waals surface area (Å²) in [5.74, 6) is 0.542. The number of hydrogen-bond acceptors (Lipinski definition) is 9. The van der Waals surface area contributed by atoms with Crippen LogP contribution in [-0.4, -0.2) is 80.8 Å². The summed E-state index contributed by atoms with van der Waals surface area (Å²) in [6, 6.07) is 7.16. The van der Waals surface area contributed by atoms with E-state index in [1.54, 1.807) is 19.4 Å². The predicted molar refractivity (Wildman–Crippen MR) is 149 cm³/mol. The summed E-state index contributed by atoms with van der Waals surface area (Å²) in [4.78, 5) is 32.0. The number of carbonyl (C=O) groups is 1. The number of anilines is 2. The quantitative estimate of drug-likeness (QED) is 0.270. The number of ether oxygens (including phenoxy) is 1. The van der Waals surface area contributed by atoms with E-state index < -0.39 is 12.0 Å². The third-order valence-electron chi connectivity index (χ3n) is 7.00. The Morgan fingerprint density at radius 3 is 2.89 bits per heavy atom. The number of carboxylic acids is 1. The van der Waals surface area contributed by atoms with Gasteiger partial charge in [0.1, 0.15) is 23.7 Å². The molecule has 4 rings (SSSR count). The molecule has 0 fully saturated rings. The first-order chi connectivity index (χ1) is 18.3. The van der Waals surface area contributed by atoms with Crippen LogP contribution < -0.4 is 10.6 Å². The lowest BCUT2D eigenvalue weighted by atomic mass is 10.1. The van der Waals surface area contributed by atoms with Crippen LogP contribution in [0.3, 0.4) is 0 Å². The minimum atomic E-state index is -0.925. The topological polar surface area (TPSA) is 125 Å². The molecule has 204 valence electrons. The van der Waals surface area contributed by atoms with Crippen LogP contribution in [0.2, 0.25) is 0 Å². The Kier molecular flexibility index (Phi) is 9.41. The van der Waals surface area contributed by atoms with Crippen LogP contribution in [0.25, 0.3) is 11.0 Å². The highest BCUT2D eigenvalue weighted by Crippen LogP contribution is 2.21. The summed E-state index contributed by atoms with van der Waals surface area (Å²) in [5.41, 5.74) is 3.31. The van der Waals surface area contributed by atoms with Gasteiger partial charge in [0, 0.05) is 38.6 Å². The molecule has 1 aliphatic rings. The van der Waals surface area contributed by atoms with E-state index in [0.717, 1.165) is 56.7 Å². The predicted octanol–water partition coefficient (Wildman–Crippen LogP) is 3.78. The van der Waals surface area contributed by atoms with Crippen LogP contribution in [0.15, 0.2) is 36.8 Å². The zero-order chi connectivity index (χ0) is 27.0. The number of methoxy groups -OCH3 is 1. The monoisotopic (exact) mass is 521 g/mol. The Morgan fingerprint density at radius 2 is 2.08 bits per heavy atom. The largest absolute Gasteiger partial charge is 0.480 e. The van der Waals surface area contributed by atoms with Gasteiger partial charge >= 0.3 is 5.97 Å². The van der Waals surface area contributed by atoms with Crippen LogP contribution in [0, 0.1) is 0 Å². The number of nitrogens with zero attached hydrogens (tertiary/aromatic N) is 5. The van der Waals surface area contributed by atoms with Gasteiger partial charge in [0.05, 0.1) is 11.1 Å². The summed E-state index contributed by atoms with van der Waals surface area (Å²) in [6.45, 7) is 7.25. The summed E-state index contributed by atoms with van der Waals surface area (Å²) in [6.07, 6.45) is 8.65. The van der Waals surface area contributed by atoms with Gasteiger partial charge in [-0.3, -0.25) is 4.98 Å². The average molecular weight is 522 g/mol. The van der Waals surface area contributed by atoms with E-state index in [9.17, 15) is 9.90 Å². The molecule has 3 aromatic rings. The molecule has 0 radical (unpaired) electrons. The lowest BCUT2D eigenvalue weighted by Gasteiger charge is -2.32. The summed E-state index contributed by atoms with van der Waals surface area (Å²) >= 11 is 0. The van der Waals surface area contributed by atoms with Gasteiger partial charge < -0.3 is 25.4 Å². The number of fused-ring (bicyclic) bond motifs is 2. The molecule has 10 nitrogen and oxygen atoms in total. The molecule has 38 heavy (non-hydrogen) atoms. The number of rotatable bonds is 14. The third-order valence-corrected chi connectivity index (χ3v) is 7.00. The van der Waals surface area contributed by atoms with Gasteiger partial charge in [0.2, 0.25) is 0 Å². The number of carboxylic acid groups (broad SMARTS) is 1. The second kappa shape index (κ2) is 12.9. The van der Waals surface area contributed by atoms with Crippen molar-refractivity contribution in [3.8, 4) is 0 Å². The standard InChI is InChI=1S/C28H39N7O3/c1-28(2,38-3)18-35(16-5-4-9-21-12-11-20-8-6-15-30-25(20)33-21)17-13-23(27(36)37)34-26-24-22(31-19-32-26)10-7-14-29-24/h7,10-12,14,19,23H,4-6,8-9,13,15-18H2,1-3H3,(H,30,33)(H,36,37)(H,31,32,34). The first kappa shape index (κ1) is 27.7. The Hall–Kier alpha value is -3.37. The van der Waals surface area contributed by atoms with E-state index in [1.807, 2.05) is 6.07 Å². The van der Waals surface area contributed by atoms with Gasteiger partial charge in [-0.2, -0.15) is 0 Å². The second-order valence-corrected chi connectivity index (χ2v) is 10.5. The van der Waals surface area contributed by atoms with E-state index in [0.29, 0.717) is 36.4 Å². The number of unbranched alkanes of at least 4 members (excludes halogenated alkanes) is 1. The number of aliphatic carboxylic acids is 1. The number of nitrogens with one attached hydrogen (secondary N) is 2. The molecule has 4 heterocycles. The maximum atomic E-state index is 12.1. The van der Waals surface area contributed by atoms with Crippen molar-refractivity contribution in [2.24, 2.45) is 0 Å². The fourth-order valence-electron chi connectivity index (χ4n) is 4.76. The molecule has 0 aromatic carbocycles. The highest BCUT2D eigenvalue weighted by atomic mass is 16.5. The number of aromatic nitrogens is 4. The van der Waals surface area contributed by atoms with Crippen molar-refractivity contribution in [1.82, 2.24) is 24.8 Å². The lowest BCUT2D eigenvalue weighted by Crippen LogP contribution is -2.43. The van der Waals surface area contributed by atoms with E-state index in [-0.39, 0.29) is 5.60 Å². The highest BCUT2D eigenvalue weighted by molar-refractivity contribution is 5.87. The normalized spacial score (nSPS) is 14.2. The maximum absolute atomic E-state index is 12.1. The van der Waals surface area contributed by atoms with Gasteiger partial charge in [-0.25, -0.2) is 19.7 Å². The van der Waals surface area contributed by atoms with Crippen LogP contribution in [0.4, 0.5) is 11.6 Å². The first-order valence-electron chi connectivity index (χ1n) is 13.4. The van der Waals surface area contributed by atoms with Crippen molar-refractivity contribution in [3.05, 3.63) is 48.0 Å². The zero-order valence-corrected chi connectivity index (χ0v) is 22.6. The molecule has 1 atom stereocenters. The number of hydrogen-bond donors (Lipinski definition) is 3. The Morgan fingerprint density at radius 1 is 1.21 bits per heavy atom. The summed E-state index contributed by atoms with van der Waals surface area (Å²) in [7, 11) is 1.71. The van der Waals surface area contributed by atoms with E-state index in [1.165, 1.54) is 11.9 Å². The van der Waals surface area contributed by atoms with E-state index in [4.69, 9.17) is 9.72 Å². The molecule has 10 heteroatoms. The van der Waals surface area contributed by atoms with Gasteiger partial charge in [-0.1, -0.05) is 6.07 Å². The fourth-order valence-corrected chi connectivity index (χ4v) is 4.76. The second-order valence-electron chi connectivity index (χ2n) is 10.5. The molecular weight excluding hydrogens is 482 g/mol. The van der Waals surface area contributed by atoms with Crippen molar-refractivity contribution in [1.29, 1.82) is 0 Å². The van der Waals surface area contributed by atoms with E-state index in [2.05, 4.69) is 56.5 Å². The molecule has 0 saturated heterocycles. The first-order valence-corrected chi connectivity index (χ1v) is 13.4. The Labute approximate surface area is 224 Å². The van der Waals surface area contributed by atoms with Gasteiger partial charge in [0.15, 0.2) is 5.82 Å². The van der Waals surface area contributed by atoms with Crippen molar-refractivity contribution in [2.75, 3.05) is 43.9 Å². The molecule has 0 aliphatic carbocycles. The molecule has 1 unspecified atom stereocenters. The van der Waals surface area contributed by atoms with E-state index >= 15 is 0 Å². The lowest BCUT2D eigenvalue weighted by molar-refractivity contribution is -0.138. The smallest absolute Gasteiger partial charge is 0.326 e. The molecule has 0 spiro atoms. The number of aryl methyl sites for hydroxylation is 2. The highest BCUT2D eigenvalue weighted by Gasteiger charge is 2.24. The fraction of sp³-hybridized carbons (Fsp3) is 0.536. The molecule has 1 aliphatic heterocycles. The molecule has 3 aromatic heterocycles. The van der Waals surface area contributed by atoms with Crippen LogP contribution in [-0.2, 0) is 22.4 Å². The molecule has 3 N–H and O–H groups in total. The Balaban J connectivity index is 1.34. The molecular formula is C28H39N7O3. The van der Waals surface area contributed by atoms with Crippen LogP contribution in [0.5, 0.6) is 0 Å². The Bertz CT molecular complexity index is 1210. The van der Waals surface area contributed by atoms with Crippen LogP contribution in [0.1, 0.15) is 50.8 Å². The third kappa shape index (κ3) is 7.58.